The Morgan fingerprint density at radius 1 is 1.40 bits per heavy atom. The van der Waals surface area contributed by atoms with Crippen molar-refractivity contribution in [3.8, 4) is 11.5 Å². The van der Waals surface area contributed by atoms with Crippen molar-refractivity contribution in [2.75, 3.05) is 14.2 Å². The number of nitrogens with one attached hydrogen (secondary N) is 2. The van der Waals surface area contributed by atoms with Gasteiger partial charge in [0.1, 0.15) is 0 Å². The molecule has 0 saturated heterocycles. The van der Waals surface area contributed by atoms with E-state index in [9.17, 15) is 4.79 Å². The van der Waals surface area contributed by atoms with Crippen LogP contribution in [-0.2, 0) is 11.3 Å². The molecular formula is C15H22N2O3. The highest BCUT2D eigenvalue weighted by Gasteiger charge is 2.26. The second-order valence-corrected chi connectivity index (χ2v) is 5.06. The average molecular weight is 278 g/mol. The monoisotopic (exact) mass is 278 g/mol. The molecule has 1 aromatic rings. The first-order valence-electron chi connectivity index (χ1n) is 6.92. The molecule has 0 spiro atoms. The van der Waals surface area contributed by atoms with Gasteiger partial charge in [0.2, 0.25) is 0 Å². The van der Waals surface area contributed by atoms with Crippen LogP contribution in [0.3, 0.4) is 0 Å². The molecule has 1 aromatic carbocycles. The third-order valence-corrected chi connectivity index (χ3v) is 3.21. The molecule has 0 aromatic heterocycles. The topological polar surface area (TPSA) is 59.6 Å². The van der Waals surface area contributed by atoms with E-state index >= 15 is 0 Å². The fourth-order valence-electron chi connectivity index (χ4n) is 1.92. The third kappa shape index (κ3) is 3.87. The first-order valence-corrected chi connectivity index (χ1v) is 6.92. The van der Waals surface area contributed by atoms with Gasteiger partial charge in [0.05, 0.1) is 7.11 Å². The third-order valence-electron chi connectivity index (χ3n) is 3.21. The van der Waals surface area contributed by atoms with Crippen molar-refractivity contribution >= 4 is 5.91 Å². The minimum absolute atomic E-state index is 0.0754. The molecule has 2 rings (SSSR count). The Balaban J connectivity index is 2.04. The molecule has 2 N–H and O–H groups in total. The molecule has 1 aliphatic carbocycles. The number of amides is 1. The summed E-state index contributed by atoms with van der Waals surface area (Å²) < 4.78 is 11.0. The van der Waals surface area contributed by atoms with Crippen LogP contribution in [-0.4, -0.2) is 32.2 Å². The summed E-state index contributed by atoms with van der Waals surface area (Å²) in [5.41, 5.74) is 1.08. The summed E-state index contributed by atoms with van der Waals surface area (Å²) in [6, 6.07) is 6.06. The smallest absolute Gasteiger partial charge is 0.260 e. The Morgan fingerprint density at radius 2 is 2.15 bits per heavy atom. The first-order chi connectivity index (χ1) is 9.63. The predicted octanol–water partition coefficient (Wildman–Crippen LogP) is 1.46. The molecule has 1 fully saturated rings. The number of carbonyl (C=O) groups is 1. The summed E-state index contributed by atoms with van der Waals surface area (Å²) in [6.45, 7) is 2.49. The largest absolute Gasteiger partial charge is 0.493 e. The average Bonchev–Trinajstić information content (AvgIpc) is 3.23. The van der Waals surface area contributed by atoms with Crippen LogP contribution in [0.2, 0.25) is 0 Å². The van der Waals surface area contributed by atoms with Gasteiger partial charge in [-0.05, 0) is 44.5 Å². The lowest BCUT2D eigenvalue weighted by Gasteiger charge is -2.17. The minimum atomic E-state index is -0.533. The quantitative estimate of drug-likeness (QED) is 0.793. The summed E-state index contributed by atoms with van der Waals surface area (Å²) in [5.74, 6) is 1.16. The van der Waals surface area contributed by atoms with E-state index in [1.54, 1.807) is 14.0 Å². The van der Waals surface area contributed by atoms with E-state index in [2.05, 4.69) is 10.6 Å². The van der Waals surface area contributed by atoms with E-state index in [0.29, 0.717) is 17.5 Å². The van der Waals surface area contributed by atoms with Crippen LogP contribution >= 0.6 is 0 Å². The van der Waals surface area contributed by atoms with Gasteiger partial charge in [0.25, 0.3) is 5.91 Å². The van der Waals surface area contributed by atoms with E-state index in [1.165, 1.54) is 0 Å². The lowest BCUT2D eigenvalue weighted by molar-refractivity contribution is -0.127. The molecule has 1 unspecified atom stereocenters. The number of methoxy groups -OCH3 is 1. The number of hydrogen-bond donors (Lipinski definition) is 2. The highest BCUT2D eigenvalue weighted by atomic mass is 16.5. The molecule has 110 valence electrons. The molecule has 20 heavy (non-hydrogen) atoms. The van der Waals surface area contributed by atoms with Gasteiger partial charge in [-0.25, -0.2) is 0 Å². The van der Waals surface area contributed by atoms with Crippen molar-refractivity contribution in [2.45, 2.75) is 38.5 Å². The van der Waals surface area contributed by atoms with Gasteiger partial charge in [0.15, 0.2) is 17.6 Å². The van der Waals surface area contributed by atoms with Gasteiger partial charge in [-0.15, -0.1) is 0 Å². The summed E-state index contributed by atoms with van der Waals surface area (Å²) in [4.78, 5) is 11.9. The summed E-state index contributed by atoms with van der Waals surface area (Å²) in [7, 11) is 3.48. The number of benzene rings is 1. The summed E-state index contributed by atoms with van der Waals surface area (Å²) >= 11 is 0. The van der Waals surface area contributed by atoms with Crippen molar-refractivity contribution in [1.82, 2.24) is 10.6 Å². The van der Waals surface area contributed by atoms with E-state index < -0.39 is 6.10 Å². The van der Waals surface area contributed by atoms with E-state index in [0.717, 1.165) is 24.9 Å². The van der Waals surface area contributed by atoms with E-state index in [1.807, 2.05) is 25.2 Å². The van der Waals surface area contributed by atoms with Gasteiger partial charge in [-0.1, -0.05) is 6.07 Å². The Hall–Kier alpha value is -1.75. The summed E-state index contributed by atoms with van der Waals surface area (Å²) in [5, 5.41) is 6.02. The highest BCUT2D eigenvalue weighted by molar-refractivity contribution is 5.81. The first kappa shape index (κ1) is 14.7. The van der Waals surface area contributed by atoms with Gasteiger partial charge in [-0.3, -0.25) is 4.79 Å². The van der Waals surface area contributed by atoms with Crippen molar-refractivity contribution in [3.63, 3.8) is 0 Å². The molecule has 1 aliphatic rings. The molecule has 1 amide bonds. The molecular weight excluding hydrogens is 256 g/mol. The molecule has 1 saturated carbocycles. The maximum Gasteiger partial charge on any atom is 0.260 e. The molecule has 1 atom stereocenters. The number of carbonyl (C=O) groups excluding carboxylic acids is 1. The molecule has 0 heterocycles. The van der Waals surface area contributed by atoms with Gasteiger partial charge < -0.3 is 20.1 Å². The number of rotatable bonds is 7. The zero-order valence-corrected chi connectivity index (χ0v) is 12.2. The van der Waals surface area contributed by atoms with Crippen LogP contribution in [0.5, 0.6) is 11.5 Å². The molecule has 0 bridgehead atoms. The SMILES string of the molecule is CNCc1ccc(OC)c(OC(C)C(=O)NC2CC2)c1. The lowest BCUT2D eigenvalue weighted by Crippen LogP contribution is -2.37. The predicted molar refractivity (Wildman–Crippen MR) is 77.0 cm³/mol. The maximum absolute atomic E-state index is 11.9. The normalized spacial score (nSPS) is 15.6. The Kier molecular flexibility index (Phi) is 4.84. The second kappa shape index (κ2) is 6.61. The van der Waals surface area contributed by atoms with Gasteiger partial charge >= 0.3 is 0 Å². The van der Waals surface area contributed by atoms with Crippen LogP contribution in [0, 0.1) is 0 Å². The van der Waals surface area contributed by atoms with Gasteiger partial charge in [-0.2, -0.15) is 0 Å². The Labute approximate surface area is 119 Å². The number of hydrogen-bond acceptors (Lipinski definition) is 4. The standard InChI is InChI=1S/C15H22N2O3/c1-10(15(18)17-12-5-6-12)20-14-8-11(9-16-2)4-7-13(14)19-3/h4,7-8,10,12,16H,5-6,9H2,1-3H3,(H,17,18). The second-order valence-electron chi connectivity index (χ2n) is 5.06. The lowest BCUT2D eigenvalue weighted by atomic mass is 10.2. The zero-order chi connectivity index (χ0) is 14.5. The molecule has 5 nitrogen and oxygen atoms in total. The fraction of sp³-hybridized carbons (Fsp3) is 0.533. The highest BCUT2D eigenvalue weighted by Crippen LogP contribution is 2.29. The minimum Gasteiger partial charge on any atom is -0.493 e. The summed E-state index contributed by atoms with van der Waals surface area (Å²) in [6.07, 6.45) is 1.60. The molecule has 5 heteroatoms. The van der Waals surface area contributed by atoms with Crippen molar-refractivity contribution < 1.29 is 14.3 Å². The zero-order valence-electron chi connectivity index (χ0n) is 12.2. The van der Waals surface area contributed by atoms with Gasteiger partial charge in [0, 0.05) is 12.6 Å². The van der Waals surface area contributed by atoms with E-state index in [-0.39, 0.29) is 5.91 Å². The Bertz CT molecular complexity index is 472. The van der Waals surface area contributed by atoms with E-state index in [4.69, 9.17) is 9.47 Å². The maximum atomic E-state index is 11.9. The molecule has 0 radical (unpaired) electrons. The van der Waals surface area contributed by atoms with Crippen molar-refractivity contribution in [1.29, 1.82) is 0 Å². The fourth-order valence-corrected chi connectivity index (χ4v) is 1.92. The van der Waals surface area contributed by atoms with Crippen LogP contribution < -0.4 is 20.1 Å². The van der Waals surface area contributed by atoms with Crippen LogP contribution in [0.25, 0.3) is 0 Å². The number of ether oxygens (including phenoxy) is 2. The van der Waals surface area contributed by atoms with Crippen LogP contribution in [0.4, 0.5) is 0 Å². The van der Waals surface area contributed by atoms with Crippen LogP contribution in [0.15, 0.2) is 18.2 Å². The molecule has 0 aliphatic heterocycles. The van der Waals surface area contributed by atoms with Crippen LogP contribution in [0.1, 0.15) is 25.3 Å². The Morgan fingerprint density at radius 3 is 2.75 bits per heavy atom. The van der Waals surface area contributed by atoms with Crippen molar-refractivity contribution in [3.05, 3.63) is 23.8 Å². The van der Waals surface area contributed by atoms with Crippen molar-refractivity contribution in [2.24, 2.45) is 0 Å².